The Hall–Kier alpha value is -2.25. The molecule has 2 aromatic carbocycles. The number of ether oxygens (including phenoxy) is 1. The number of anilines is 1. The van der Waals surface area contributed by atoms with Crippen LogP contribution < -0.4 is 9.64 Å². The summed E-state index contributed by atoms with van der Waals surface area (Å²) in [6.07, 6.45) is 0.450. The molecule has 32 heavy (non-hydrogen) atoms. The highest BCUT2D eigenvalue weighted by Gasteiger charge is 2.34. The van der Waals surface area contributed by atoms with Crippen molar-refractivity contribution >= 4 is 33.0 Å². The summed E-state index contributed by atoms with van der Waals surface area (Å²) in [5, 5.41) is 0.604. The highest BCUT2D eigenvalue weighted by atomic mass is 35.5. The first-order valence-corrected chi connectivity index (χ1v) is 13.1. The van der Waals surface area contributed by atoms with Crippen molar-refractivity contribution in [1.29, 1.82) is 0 Å². The van der Waals surface area contributed by atoms with Crippen LogP contribution >= 0.6 is 11.6 Å². The van der Waals surface area contributed by atoms with Gasteiger partial charge >= 0.3 is 0 Å². The van der Waals surface area contributed by atoms with E-state index in [1.807, 2.05) is 31.2 Å². The Balaban J connectivity index is 1.75. The summed E-state index contributed by atoms with van der Waals surface area (Å²) >= 11 is 5.99. The zero-order chi connectivity index (χ0) is 23.3. The van der Waals surface area contributed by atoms with Crippen molar-refractivity contribution in [1.82, 2.24) is 4.90 Å². The maximum atomic E-state index is 13.1. The van der Waals surface area contributed by atoms with Crippen LogP contribution in [0.4, 0.5) is 5.69 Å². The lowest BCUT2D eigenvalue weighted by atomic mass is 10.1. The molecule has 0 N–H and O–H groups in total. The van der Waals surface area contributed by atoms with Crippen LogP contribution in [0.15, 0.2) is 42.5 Å². The molecule has 1 unspecified atom stereocenters. The molecule has 0 spiro atoms. The first-order valence-electron chi connectivity index (χ1n) is 10.9. The molecule has 0 saturated carbocycles. The molecule has 0 aromatic heterocycles. The Labute approximate surface area is 196 Å². The van der Waals surface area contributed by atoms with Crippen LogP contribution in [0.25, 0.3) is 0 Å². The summed E-state index contributed by atoms with van der Waals surface area (Å²) in [4.78, 5) is 17.0. The van der Waals surface area contributed by atoms with E-state index < -0.39 is 9.84 Å². The second-order valence-corrected chi connectivity index (χ2v) is 10.8. The van der Waals surface area contributed by atoms with Crippen molar-refractivity contribution in [3.05, 3.63) is 58.6 Å². The van der Waals surface area contributed by atoms with E-state index in [4.69, 9.17) is 16.3 Å². The molecule has 1 atom stereocenters. The normalized spacial score (nSPS) is 17.2. The molecule has 1 saturated heterocycles. The maximum Gasteiger partial charge on any atom is 0.261 e. The highest BCUT2D eigenvalue weighted by Crippen LogP contribution is 2.24. The average Bonchev–Trinajstić information content (AvgIpc) is 3.12. The van der Waals surface area contributed by atoms with Crippen molar-refractivity contribution in [2.24, 2.45) is 0 Å². The molecule has 1 aliphatic heterocycles. The standard InChI is InChI=1S/C24H31ClN2O4S/c1-4-26(5-2)21-9-6-19(7-10-21)15-27(22-12-13-32(29,30)17-22)24(28)16-31-23-11-8-20(25)14-18(23)3/h6-11,14,22H,4-5,12-13,15-17H2,1-3H3. The molecular formula is C24H31ClN2O4S. The van der Waals surface area contributed by atoms with E-state index in [2.05, 4.69) is 18.7 Å². The largest absolute Gasteiger partial charge is 0.483 e. The fourth-order valence-corrected chi connectivity index (χ4v) is 5.99. The Kier molecular flexibility index (Phi) is 8.06. The predicted octanol–water partition coefficient (Wildman–Crippen LogP) is 4.09. The molecule has 1 aliphatic rings. The van der Waals surface area contributed by atoms with E-state index in [9.17, 15) is 13.2 Å². The van der Waals surface area contributed by atoms with Gasteiger partial charge in [-0.2, -0.15) is 0 Å². The molecule has 1 amide bonds. The number of amides is 1. The van der Waals surface area contributed by atoms with E-state index in [-0.39, 0.29) is 30.1 Å². The number of sulfone groups is 1. The Morgan fingerprint density at radius 3 is 2.38 bits per heavy atom. The van der Waals surface area contributed by atoms with E-state index >= 15 is 0 Å². The molecule has 174 valence electrons. The van der Waals surface area contributed by atoms with E-state index in [0.29, 0.717) is 23.7 Å². The number of benzene rings is 2. The van der Waals surface area contributed by atoms with Gasteiger partial charge in [-0.3, -0.25) is 4.79 Å². The Morgan fingerprint density at radius 1 is 1.12 bits per heavy atom. The molecular weight excluding hydrogens is 448 g/mol. The smallest absolute Gasteiger partial charge is 0.261 e. The van der Waals surface area contributed by atoms with Gasteiger partial charge in [-0.15, -0.1) is 0 Å². The molecule has 1 heterocycles. The lowest BCUT2D eigenvalue weighted by Gasteiger charge is -2.29. The number of carbonyl (C=O) groups is 1. The minimum Gasteiger partial charge on any atom is -0.483 e. The van der Waals surface area contributed by atoms with Crippen molar-refractivity contribution in [3.8, 4) is 5.75 Å². The van der Waals surface area contributed by atoms with E-state index in [0.717, 1.165) is 29.9 Å². The molecule has 2 aromatic rings. The van der Waals surface area contributed by atoms with Crippen LogP contribution in [0.1, 0.15) is 31.4 Å². The van der Waals surface area contributed by atoms with Gasteiger partial charge in [0.15, 0.2) is 16.4 Å². The number of rotatable bonds is 9. The summed E-state index contributed by atoms with van der Waals surface area (Å²) in [5.41, 5.74) is 2.93. The summed E-state index contributed by atoms with van der Waals surface area (Å²) in [6.45, 7) is 8.12. The van der Waals surface area contributed by atoms with Crippen LogP contribution in [-0.2, 0) is 21.2 Å². The first kappa shape index (κ1) is 24.4. The van der Waals surface area contributed by atoms with Crippen molar-refractivity contribution in [2.75, 3.05) is 36.1 Å². The summed E-state index contributed by atoms with van der Waals surface area (Å²) in [5.74, 6) is 0.468. The second kappa shape index (κ2) is 10.6. The number of aryl methyl sites for hydroxylation is 1. The quantitative estimate of drug-likeness (QED) is 0.543. The molecule has 6 nitrogen and oxygen atoms in total. The van der Waals surface area contributed by atoms with Gasteiger partial charge in [-0.05, 0) is 68.7 Å². The van der Waals surface area contributed by atoms with Crippen LogP contribution in [0.2, 0.25) is 5.02 Å². The molecule has 0 aliphatic carbocycles. The number of nitrogens with zero attached hydrogens (tertiary/aromatic N) is 2. The fourth-order valence-electron chi connectivity index (χ4n) is 4.04. The van der Waals surface area contributed by atoms with Crippen molar-refractivity contribution < 1.29 is 17.9 Å². The van der Waals surface area contributed by atoms with Crippen LogP contribution in [0.3, 0.4) is 0 Å². The zero-order valence-corrected chi connectivity index (χ0v) is 20.5. The zero-order valence-electron chi connectivity index (χ0n) is 18.9. The lowest BCUT2D eigenvalue weighted by molar-refractivity contribution is -0.136. The maximum absolute atomic E-state index is 13.1. The van der Waals surface area contributed by atoms with Gasteiger partial charge in [-0.1, -0.05) is 23.7 Å². The number of hydrogen-bond donors (Lipinski definition) is 0. The van der Waals surface area contributed by atoms with Crippen molar-refractivity contribution in [3.63, 3.8) is 0 Å². The summed E-state index contributed by atoms with van der Waals surface area (Å²) in [7, 11) is -3.13. The lowest BCUT2D eigenvalue weighted by Crippen LogP contribution is -2.43. The topological polar surface area (TPSA) is 66.9 Å². The first-order chi connectivity index (χ1) is 15.2. The van der Waals surface area contributed by atoms with Gasteiger partial charge in [0.1, 0.15) is 5.75 Å². The average molecular weight is 479 g/mol. The Morgan fingerprint density at radius 2 is 1.81 bits per heavy atom. The number of carbonyl (C=O) groups excluding carboxylic acids is 1. The fraction of sp³-hybridized carbons (Fsp3) is 0.458. The van der Waals surface area contributed by atoms with Gasteiger partial charge in [0.2, 0.25) is 0 Å². The van der Waals surface area contributed by atoms with Crippen LogP contribution in [-0.4, -0.2) is 56.5 Å². The van der Waals surface area contributed by atoms with Gasteiger partial charge < -0.3 is 14.5 Å². The molecule has 8 heteroatoms. The summed E-state index contributed by atoms with van der Waals surface area (Å²) in [6, 6.07) is 13.0. The minimum absolute atomic E-state index is 0.00373. The Bertz CT molecular complexity index is 1040. The van der Waals surface area contributed by atoms with Gasteiger partial charge in [0, 0.05) is 36.4 Å². The third-order valence-electron chi connectivity index (χ3n) is 5.88. The molecule has 3 rings (SSSR count). The van der Waals surface area contributed by atoms with Gasteiger partial charge in [-0.25, -0.2) is 8.42 Å². The molecule has 0 bridgehead atoms. The second-order valence-electron chi connectivity index (χ2n) is 8.12. The molecule has 1 fully saturated rings. The van der Waals surface area contributed by atoms with Crippen LogP contribution in [0, 0.1) is 6.92 Å². The number of halogens is 1. The summed E-state index contributed by atoms with van der Waals surface area (Å²) < 4.78 is 29.9. The van der Waals surface area contributed by atoms with Crippen molar-refractivity contribution in [2.45, 2.75) is 39.8 Å². The third-order valence-corrected chi connectivity index (χ3v) is 7.86. The third kappa shape index (κ3) is 6.17. The predicted molar refractivity (Wildman–Crippen MR) is 129 cm³/mol. The molecule has 0 radical (unpaired) electrons. The number of hydrogen-bond acceptors (Lipinski definition) is 5. The van der Waals surface area contributed by atoms with Gasteiger partial charge in [0.05, 0.1) is 11.5 Å². The monoisotopic (exact) mass is 478 g/mol. The SMILES string of the molecule is CCN(CC)c1ccc(CN(C(=O)COc2ccc(Cl)cc2C)C2CCS(=O)(=O)C2)cc1. The highest BCUT2D eigenvalue weighted by molar-refractivity contribution is 7.91. The van der Waals surface area contributed by atoms with E-state index in [1.165, 1.54) is 0 Å². The minimum atomic E-state index is -3.13. The van der Waals surface area contributed by atoms with Crippen LogP contribution in [0.5, 0.6) is 5.75 Å². The van der Waals surface area contributed by atoms with Gasteiger partial charge in [0.25, 0.3) is 5.91 Å². The van der Waals surface area contributed by atoms with E-state index in [1.54, 1.807) is 23.1 Å².